The van der Waals surface area contributed by atoms with Crippen molar-refractivity contribution in [2.75, 3.05) is 13.2 Å². The number of aliphatic hydroxyl groups excluding tert-OH is 1. The number of amides is 1. The third-order valence-electron chi connectivity index (χ3n) is 2.52. The van der Waals surface area contributed by atoms with E-state index < -0.39 is 0 Å². The first-order chi connectivity index (χ1) is 8.11. The average Bonchev–Trinajstić information content (AvgIpc) is 2.27. The van der Waals surface area contributed by atoms with Crippen LogP contribution < -0.4 is 5.32 Å². The van der Waals surface area contributed by atoms with Gasteiger partial charge in [0.15, 0.2) is 0 Å². The molecule has 2 N–H and O–H groups in total. The molecule has 0 bridgehead atoms. The summed E-state index contributed by atoms with van der Waals surface area (Å²) in [6.45, 7) is 2.75. The highest BCUT2D eigenvalue weighted by Gasteiger charge is 2.06. The van der Waals surface area contributed by atoms with Crippen molar-refractivity contribution in [2.45, 2.75) is 19.8 Å². The van der Waals surface area contributed by atoms with Crippen molar-refractivity contribution in [3.8, 4) is 0 Å². The second kappa shape index (κ2) is 7.30. The first kappa shape index (κ1) is 14.0. The lowest BCUT2D eigenvalue weighted by Gasteiger charge is -2.11. The molecule has 0 aromatic heterocycles. The summed E-state index contributed by atoms with van der Waals surface area (Å²) < 4.78 is 0. The van der Waals surface area contributed by atoms with E-state index in [1.165, 1.54) is 0 Å². The van der Waals surface area contributed by atoms with Gasteiger partial charge in [-0.05, 0) is 30.0 Å². The molecule has 1 rings (SSSR count). The summed E-state index contributed by atoms with van der Waals surface area (Å²) in [6, 6.07) is 7.28. The van der Waals surface area contributed by atoms with Crippen LogP contribution in [0.25, 0.3) is 0 Å². The molecule has 0 spiro atoms. The minimum absolute atomic E-state index is 0.0166. The zero-order chi connectivity index (χ0) is 12.7. The second-order valence-electron chi connectivity index (χ2n) is 4.23. The Kier molecular flexibility index (Phi) is 6.01. The molecule has 0 aliphatic rings. The van der Waals surface area contributed by atoms with Crippen molar-refractivity contribution in [3.63, 3.8) is 0 Å². The van der Waals surface area contributed by atoms with E-state index in [1.807, 2.05) is 19.1 Å². The van der Waals surface area contributed by atoms with Crippen molar-refractivity contribution in [1.29, 1.82) is 0 Å². The quantitative estimate of drug-likeness (QED) is 0.817. The highest BCUT2D eigenvalue weighted by Crippen LogP contribution is 2.11. The molecule has 1 amide bonds. The lowest BCUT2D eigenvalue weighted by Crippen LogP contribution is -2.29. The van der Waals surface area contributed by atoms with E-state index in [-0.39, 0.29) is 12.5 Å². The van der Waals surface area contributed by atoms with E-state index >= 15 is 0 Å². The first-order valence-corrected chi connectivity index (χ1v) is 6.11. The van der Waals surface area contributed by atoms with Crippen LogP contribution >= 0.6 is 11.6 Å². The molecule has 0 saturated heterocycles. The van der Waals surface area contributed by atoms with Gasteiger partial charge in [0.25, 0.3) is 0 Å². The Bertz CT molecular complexity index is 368. The van der Waals surface area contributed by atoms with Gasteiger partial charge in [0.2, 0.25) is 5.91 Å². The Labute approximate surface area is 107 Å². The monoisotopic (exact) mass is 255 g/mol. The standard InChI is InChI=1S/C13H18ClNO2/c1-10(5-6-16)9-15-13(17)8-11-3-2-4-12(14)7-11/h2-4,7,10,16H,5-6,8-9H2,1H3,(H,15,17). The van der Waals surface area contributed by atoms with Crippen molar-refractivity contribution in [1.82, 2.24) is 5.32 Å². The number of rotatable bonds is 6. The largest absolute Gasteiger partial charge is 0.396 e. The third-order valence-corrected chi connectivity index (χ3v) is 2.76. The Balaban J connectivity index is 2.34. The number of aliphatic hydroxyl groups is 1. The van der Waals surface area contributed by atoms with Crippen LogP contribution in [0.3, 0.4) is 0 Å². The molecule has 1 aromatic carbocycles. The van der Waals surface area contributed by atoms with Crippen LogP contribution in [0.4, 0.5) is 0 Å². The molecule has 4 heteroatoms. The Morgan fingerprint density at radius 2 is 2.29 bits per heavy atom. The number of carbonyl (C=O) groups excluding carboxylic acids is 1. The fourth-order valence-corrected chi connectivity index (χ4v) is 1.72. The van der Waals surface area contributed by atoms with Crippen LogP contribution in [0, 0.1) is 5.92 Å². The summed E-state index contributed by atoms with van der Waals surface area (Å²) in [6.07, 6.45) is 1.05. The number of hydrogen-bond donors (Lipinski definition) is 2. The molecule has 0 aliphatic carbocycles. The smallest absolute Gasteiger partial charge is 0.224 e. The van der Waals surface area contributed by atoms with Gasteiger partial charge in [0.1, 0.15) is 0 Å². The lowest BCUT2D eigenvalue weighted by molar-refractivity contribution is -0.120. The van der Waals surface area contributed by atoms with Crippen LogP contribution in [0.1, 0.15) is 18.9 Å². The molecule has 1 atom stereocenters. The molecular weight excluding hydrogens is 238 g/mol. The van der Waals surface area contributed by atoms with E-state index in [0.29, 0.717) is 30.3 Å². The van der Waals surface area contributed by atoms with Crippen molar-refractivity contribution < 1.29 is 9.90 Å². The molecule has 0 heterocycles. The molecule has 0 aliphatic heterocycles. The Morgan fingerprint density at radius 1 is 1.53 bits per heavy atom. The van der Waals surface area contributed by atoms with Crippen molar-refractivity contribution in [3.05, 3.63) is 34.9 Å². The Morgan fingerprint density at radius 3 is 2.94 bits per heavy atom. The van der Waals surface area contributed by atoms with Crippen LogP contribution in [-0.4, -0.2) is 24.2 Å². The predicted octanol–water partition coefficient (Wildman–Crippen LogP) is 2.02. The van der Waals surface area contributed by atoms with Crippen LogP contribution in [-0.2, 0) is 11.2 Å². The van der Waals surface area contributed by atoms with Gasteiger partial charge in [-0.25, -0.2) is 0 Å². The molecule has 0 radical (unpaired) electrons. The summed E-state index contributed by atoms with van der Waals surface area (Å²) in [7, 11) is 0. The topological polar surface area (TPSA) is 49.3 Å². The number of hydrogen-bond acceptors (Lipinski definition) is 2. The maximum atomic E-state index is 11.6. The fraction of sp³-hybridized carbons (Fsp3) is 0.462. The minimum atomic E-state index is -0.0166. The molecule has 0 fully saturated rings. The summed E-state index contributed by atoms with van der Waals surface area (Å²) in [5, 5.41) is 12.2. The van der Waals surface area contributed by atoms with Gasteiger partial charge in [0, 0.05) is 18.2 Å². The molecule has 3 nitrogen and oxygen atoms in total. The summed E-state index contributed by atoms with van der Waals surface area (Å²) in [5.74, 6) is 0.278. The molecule has 94 valence electrons. The average molecular weight is 256 g/mol. The molecule has 17 heavy (non-hydrogen) atoms. The minimum Gasteiger partial charge on any atom is -0.396 e. The zero-order valence-corrected chi connectivity index (χ0v) is 10.7. The van der Waals surface area contributed by atoms with Gasteiger partial charge in [-0.1, -0.05) is 30.7 Å². The van der Waals surface area contributed by atoms with E-state index in [2.05, 4.69) is 5.32 Å². The van der Waals surface area contributed by atoms with E-state index in [0.717, 1.165) is 5.56 Å². The molecule has 0 saturated carbocycles. The van der Waals surface area contributed by atoms with Crippen molar-refractivity contribution in [2.24, 2.45) is 5.92 Å². The van der Waals surface area contributed by atoms with Crippen molar-refractivity contribution >= 4 is 17.5 Å². The van der Waals surface area contributed by atoms with Gasteiger partial charge >= 0.3 is 0 Å². The number of halogens is 1. The van der Waals surface area contributed by atoms with Crippen LogP contribution in [0.15, 0.2) is 24.3 Å². The third kappa shape index (κ3) is 5.71. The van der Waals surface area contributed by atoms with Crippen LogP contribution in [0.2, 0.25) is 5.02 Å². The highest BCUT2D eigenvalue weighted by atomic mass is 35.5. The van der Waals surface area contributed by atoms with E-state index in [1.54, 1.807) is 12.1 Å². The van der Waals surface area contributed by atoms with Crippen LogP contribution in [0.5, 0.6) is 0 Å². The van der Waals surface area contributed by atoms with Gasteiger partial charge in [0.05, 0.1) is 6.42 Å². The van der Waals surface area contributed by atoms with E-state index in [4.69, 9.17) is 16.7 Å². The van der Waals surface area contributed by atoms with Gasteiger partial charge in [-0.2, -0.15) is 0 Å². The SMILES string of the molecule is CC(CCO)CNC(=O)Cc1cccc(Cl)c1. The number of benzene rings is 1. The van der Waals surface area contributed by atoms with Gasteiger partial charge in [-0.15, -0.1) is 0 Å². The normalized spacial score (nSPS) is 12.2. The molecule has 1 unspecified atom stereocenters. The summed E-state index contributed by atoms with van der Waals surface area (Å²) in [5.41, 5.74) is 0.907. The Hall–Kier alpha value is -1.06. The molecule has 1 aromatic rings. The first-order valence-electron chi connectivity index (χ1n) is 5.74. The van der Waals surface area contributed by atoms with E-state index in [9.17, 15) is 4.79 Å². The predicted molar refractivity (Wildman–Crippen MR) is 69.0 cm³/mol. The summed E-state index contributed by atoms with van der Waals surface area (Å²) in [4.78, 5) is 11.6. The highest BCUT2D eigenvalue weighted by molar-refractivity contribution is 6.30. The second-order valence-corrected chi connectivity index (χ2v) is 4.66. The molecular formula is C13H18ClNO2. The maximum absolute atomic E-state index is 11.6. The van der Waals surface area contributed by atoms with Gasteiger partial charge in [-0.3, -0.25) is 4.79 Å². The lowest BCUT2D eigenvalue weighted by atomic mass is 10.1. The number of nitrogens with one attached hydrogen (secondary N) is 1. The summed E-state index contributed by atoms with van der Waals surface area (Å²) >= 11 is 5.84. The maximum Gasteiger partial charge on any atom is 0.224 e. The number of carbonyl (C=O) groups is 1. The van der Waals surface area contributed by atoms with Gasteiger partial charge < -0.3 is 10.4 Å². The zero-order valence-electron chi connectivity index (χ0n) is 9.95. The fourth-order valence-electron chi connectivity index (χ4n) is 1.51.